The van der Waals surface area contributed by atoms with Crippen molar-refractivity contribution < 1.29 is 67.3 Å². The van der Waals surface area contributed by atoms with Gasteiger partial charge in [-0.2, -0.15) is 0 Å². The summed E-state index contributed by atoms with van der Waals surface area (Å²) in [6.45, 7) is 5.39. The van der Waals surface area contributed by atoms with Gasteiger partial charge in [0.25, 0.3) is 0 Å². The Balaban J connectivity index is 1.17. The fourth-order valence-electron chi connectivity index (χ4n) is 11.2. The van der Waals surface area contributed by atoms with Crippen molar-refractivity contribution in [1.82, 2.24) is 52.5 Å². The van der Waals surface area contributed by atoms with Gasteiger partial charge in [-0.3, -0.25) is 53.4 Å². The summed E-state index contributed by atoms with van der Waals surface area (Å²) in [6.07, 6.45) is -0.950. The summed E-state index contributed by atoms with van der Waals surface area (Å²) in [5.41, 5.74) is 14.8. The number of primary amides is 2. The van der Waals surface area contributed by atoms with Crippen LogP contribution in [0.25, 0.3) is 21.8 Å². The molecular formula is C68H86FN13O13. The van der Waals surface area contributed by atoms with Gasteiger partial charge in [-0.15, -0.1) is 0 Å². The van der Waals surface area contributed by atoms with Crippen molar-refractivity contribution in [3.63, 3.8) is 0 Å². The second-order valence-electron chi connectivity index (χ2n) is 24.2. The van der Waals surface area contributed by atoms with E-state index in [2.05, 4.69) is 52.5 Å². The zero-order valence-electron chi connectivity index (χ0n) is 53.8. The highest BCUT2D eigenvalue weighted by Gasteiger charge is 2.37. The fourth-order valence-corrected chi connectivity index (χ4v) is 11.2. The topological polar surface area (TPSA) is 432 Å². The maximum Gasteiger partial charge on any atom is 0.315 e. The number of aromatic amines is 2. The first-order valence-corrected chi connectivity index (χ1v) is 31.4. The van der Waals surface area contributed by atoms with Crippen LogP contribution in [0, 0.1) is 34.9 Å². The lowest BCUT2D eigenvalue weighted by atomic mass is 9.88. The van der Waals surface area contributed by atoms with E-state index in [1.54, 1.807) is 69.7 Å². The molecule has 9 atom stereocenters. The summed E-state index contributed by atoms with van der Waals surface area (Å²) in [7, 11) is 1.55. The molecule has 0 saturated carbocycles. The molecule has 0 unspecified atom stereocenters. The molecule has 0 saturated heterocycles. The van der Waals surface area contributed by atoms with Crippen molar-refractivity contribution >= 4 is 92.4 Å². The van der Waals surface area contributed by atoms with Crippen LogP contribution in [0.2, 0.25) is 0 Å². The number of aliphatic hydroxyl groups excluding tert-OH is 1. The van der Waals surface area contributed by atoms with Crippen molar-refractivity contribution in [2.75, 3.05) is 20.1 Å². The summed E-state index contributed by atoms with van der Waals surface area (Å²) >= 11 is 0. The molecule has 508 valence electrons. The highest BCUT2D eigenvalue weighted by Crippen LogP contribution is 2.26. The lowest BCUT2D eigenvalue weighted by Gasteiger charge is -2.26. The van der Waals surface area contributed by atoms with Crippen molar-refractivity contribution in [1.29, 1.82) is 5.41 Å². The molecule has 17 N–H and O–H groups in total. The van der Waals surface area contributed by atoms with Crippen molar-refractivity contribution in [2.24, 2.45) is 35.1 Å². The first-order chi connectivity index (χ1) is 45.2. The zero-order chi connectivity index (χ0) is 69.5. The number of hydrogen-bond acceptors (Lipinski definition) is 14. The van der Waals surface area contributed by atoms with Crippen LogP contribution in [0.3, 0.4) is 0 Å². The minimum Gasteiger partial charge on any atom is -0.508 e. The summed E-state index contributed by atoms with van der Waals surface area (Å²) in [5.74, 6) is -13.0. The van der Waals surface area contributed by atoms with Crippen LogP contribution >= 0.6 is 0 Å². The zero-order valence-corrected chi connectivity index (χ0v) is 53.8. The van der Waals surface area contributed by atoms with Crippen molar-refractivity contribution in [2.45, 2.75) is 135 Å². The molecule has 2 aromatic heterocycles. The number of rotatable bonds is 38. The standard InChI is InChI=1S/C68H86FN13O13/c1-37(2)25-53(58(86)30-42(14-12-24-74-67(72)73-5)64(92)81-57(63(71)91)29-45-35-76-52-19-11-8-16-48(45)52)82-68(95)77-36-61(89)55(28-41-13-6-9-17-50(41)69)80-66(94)49(38(3)83)32-60(88)56(33-62(70)90)79-65(93)43(27-44-34-75-51-18-10-7-15-47(44)51)31-59(87)54(78-39(4)84)26-40-20-22-46(85)23-21-40/h6-11,13,15-23,34-35,37-38,42-43,49,53-57,75-76,83,85H,12,14,24-33,36H2,1-5H3,(H2,70,90)(H2,71,91)(H,78,84)(H,79,93)(H,80,94)(H,81,92)(H3,72,73,74)(H2,77,82,95)/t38-,42-,43+,49+,53+,54-,55+,56+,57+/m1/s1. The van der Waals surface area contributed by atoms with Gasteiger partial charge in [0.1, 0.15) is 17.6 Å². The molecule has 4 aromatic carbocycles. The van der Waals surface area contributed by atoms with Crippen molar-refractivity contribution in [3.05, 3.63) is 138 Å². The van der Waals surface area contributed by atoms with E-state index >= 15 is 4.39 Å². The van der Waals surface area contributed by atoms with E-state index in [0.717, 1.165) is 22.4 Å². The second kappa shape index (κ2) is 35.7. The number of H-pyrrole nitrogens is 2. The number of benzene rings is 4. The minimum atomic E-state index is -1.73. The number of fused-ring (bicyclic) bond motifs is 2. The molecule has 0 aliphatic carbocycles. The Labute approximate surface area is 548 Å². The molecular weight excluding hydrogens is 1230 g/mol. The molecule has 26 nitrogen and oxygen atoms in total. The van der Waals surface area contributed by atoms with Crippen LogP contribution < -0.4 is 54.0 Å². The predicted octanol–water partition coefficient (Wildman–Crippen LogP) is 3.00. The molecule has 6 rings (SSSR count). The molecule has 95 heavy (non-hydrogen) atoms. The highest BCUT2D eigenvalue weighted by atomic mass is 19.1. The number of Topliss-reactive ketones (excluding diaryl/α,β-unsaturated/α-hetero) is 4. The SMILES string of the molecule is CNC(=N)NCCC[C@H](CC(=O)[C@H](CC(C)C)NC(=O)NCC(=O)[C@H](Cc1ccccc1F)NC(=O)[C@@H](CC(=O)[C@H](CC(N)=O)NC(=O)[C@H](CC(=O)[C@@H](Cc1ccc(O)cc1)NC(C)=O)Cc1c[nH]c2ccccc12)[C@@H](C)O)C(=O)N[C@@H](Cc1c[nH]c2ccccc12)C(N)=O. The number of phenolic OH excluding ortho intramolecular Hbond substituents is 1. The molecule has 0 fully saturated rings. The van der Waals surface area contributed by atoms with Gasteiger partial charge in [-0.05, 0) is 97.5 Å². The number of carbonyl (C=O) groups is 11. The van der Waals surface area contributed by atoms with E-state index in [1.165, 1.54) is 44.2 Å². The Morgan fingerprint density at radius 2 is 1.11 bits per heavy atom. The van der Waals surface area contributed by atoms with Crippen LogP contribution in [0.15, 0.2) is 109 Å². The summed E-state index contributed by atoms with van der Waals surface area (Å²) in [4.78, 5) is 158. The predicted molar refractivity (Wildman–Crippen MR) is 352 cm³/mol. The fraction of sp³-hybridized carbons (Fsp3) is 0.412. The number of urea groups is 1. The number of halogens is 1. The van der Waals surface area contributed by atoms with Gasteiger partial charge in [0.15, 0.2) is 29.1 Å². The van der Waals surface area contributed by atoms with Crippen LogP contribution in [0.1, 0.15) is 94.9 Å². The molecule has 8 amide bonds. The number of ketones is 4. The Morgan fingerprint density at radius 1 is 0.568 bits per heavy atom. The smallest absolute Gasteiger partial charge is 0.315 e. The van der Waals surface area contributed by atoms with E-state index in [4.69, 9.17) is 16.9 Å². The average Bonchev–Trinajstić information content (AvgIpc) is 1.73. The van der Waals surface area contributed by atoms with Crippen LogP contribution in [0.4, 0.5) is 9.18 Å². The van der Waals surface area contributed by atoms with E-state index in [0.29, 0.717) is 28.6 Å². The summed E-state index contributed by atoms with van der Waals surface area (Å²) in [6, 6.07) is 17.9. The normalized spacial score (nSPS) is 14.1. The molecule has 0 radical (unpaired) electrons. The number of hydrogen-bond donors (Lipinski definition) is 15. The lowest BCUT2D eigenvalue weighted by Crippen LogP contribution is -2.53. The Hall–Kier alpha value is -10.3. The Bertz CT molecular complexity index is 3720. The Kier molecular flexibility index (Phi) is 27.7. The number of aromatic hydroxyl groups is 1. The maximum atomic E-state index is 15.3. The van der Waals surface area contributed by atoms with Gasteiger partial charge in [0.2, 0.25) is 35.4 Å². The number of nitrogens with one attached hydrogen (secondary N) is 11. The molecule has 0 aliphatic heterocycles. The van der Waals surface area contributed by atoms with E-state index in [1.807, 2.05) is 24.3 Å². The first-order valence-electron chi connectivity index (χ1n) is 31.4. The van der Waals surface area contributed by atoms with Crippen LogP contribution in [-0.4, -0.2) is 147 Å². The second-order valence-corrected chi connectivity index (χ2v) is 24.2. The van der Waals surface area contributed by atoms with E-state index < -0.39 is 163 Å². The van der Waals surface area contributed by atoms with Gasteiger partial charge in [0.05, 0.1) is 49.2 Å². The van der Waals surface area contributed by atoms with Crippen LogP contribution in [-0.2, 0) is 73.6 Å². The summed E-state index contributed by atoms with van der Waals surface area (Å²) < 4.78 is 15.3. The molecule has 27 heteroatoms. The molecule has 0 spiro atoms. The van der Waals surface area contributed by atoms with Gasteiger partial charge in [-0.1, -0.05) is 80.6 Å². The number of amides is 8. The Morgan fingerprint density at radius 3 is 1.69 bits per heavy atom. The monoisotopic (exact) mass is 1310 g/mol. The molecule has 6 aromatic rings. The largest absolute Gasteiger partial charge is 0.508 e. The number of aliphatic hydroxyl groups is 1. The third-order valence-corrected chi connectivity index (χ3v) is 16.3. The first kappa shape index (κ1) is 73.7. The number of guanidine groups is 1. The molecule has 0 bridgehead atoms. The number of phenols is 1. The maximum absolute atomic E-state index is 15.3. The summed E-state index contributed by atoms with van der Waals surface area (Å²) in [5, 5.41) is 51.3. The lowest BCUT2D eigenvalue weighted by molar-refractivity contribution is -0.137. The van der Waals surface area contributed by atoms with Gasteiger partial charge >= 0.3 is 6.03 Å². The minimum absolute atomic E-state index is 0.0133. The van der Waals surface area contributed by atoms with Gasteiger partial charge in [-0.25, -0.2) is 9.18 Å². The van der Waals surface area contributed by atoms with Gasteiger partial charge in [0, 0.05) is 98.7 Å². The molecule has 2 heterocycles. The van der Waals surface area contributed by atoms with Crippen molar-refractivity contribution in [3.8, 4) is 5.75 Å². The number of aromatic nitrogens is 2. The third kappa shape index (κ3) is 22.7. The molecule has 0 aliphatic rings. The van der Waals surface area contributed by atoms with E-state index in [-0.39, 0.29) is 61.8 Å². The average molecular weight is 1310 g/mol. The highest BCUT2D eigenvalue weighted by molar-refractivity contribution is 6.00. The van der Waals surface area contributed by atoms with Gasteiger partial charge < -0.3 is 74.2 Å². The number of nitrogens with two attached hydrogens (primary N) is 2. The number of para-hydroxylation sites is 2. The van der Waals surface area contributed by atoms with Crippen LogP contribution in [0.5, 0.6) is 5.75 Å². The number of carbonyl (C=O) groups excluding carboxylic acids is 11. The quantitative estimate of drug-likeness (QED) is 0.0151. The van der Waals surface area contributed by atoms with E-state index in [9.17, 15) is 63.0 Å². The third-order valence-electron chi connectivity index (χ3n) is 16.3.